The average Bonchev–Trinajstić information content (AvgIpc) is 3.29. The molecular weight excluding hydrogens is 338 g/mol. The number of rotatable bonds is 4. The maximum Gasteiger partial charge on any atom is 0.293 e. The van der Waals surface area contributed by atoms with E-state index in [0.29, 0.717) is 16.5 Å². The van der Waals surface area contributed by atoms with Crippen molar-refractivity contribution in [1.29, 1.82) is 0 Å². The summed E-state index contributed by atoms with van der Waals surface area (Å²) in [5.41, 5.74) is 2.21. The minimum atomic E-state index is -0.356. The summed E-state index contributed by atoms with van der Waals surface area (Å²) in [5.74, 6) is 0.438. The van der Waals surface area contributed by atoms with Crippen molar-refractivity contribution < 1.29 is 13.9 Å². The van der Waals surface area contributed by atoms with Gasteiger partial charge in [0.15, 0.2) is 22.2 Å². The van der Waals surface area contributed by atoms with Crippen LogP contribution in [0.15, 0.2) is 58.6 Å². The van der Waals surface area contributed by atoms with Crippen LogP contribution in [-0.2, 0) is 0 Å². The number of nitrogens with zero attached hydrogens (tertiary/aromatic N) is 2. The van der Waals surface area contributed by atoms with Crippen molar-refractivity contribution in [3.63, 3.8) is 0 Å². The molecule has 124 valence electrons. The van der Waals surface area contributed by atoms with Gasteiger partial charge in [-0.15, -0.1) is 11.3 Å². The summed E-state index contributed by atoms with van der Waals surface area (Å²) in [4.78, 5) is 20.9. The van der Waals surface area contributed by atoms with E-state index in [2.05, 4.69) is 15.3 Å². The van der Waals surface area contributed by atoms with E-state index in [-0.39, 0.29) is 11.7 Å². The van der Waals surface area contributed by atoms with Gasteiger partial charge in [0.1, 0.15) is 0 Å². The molecule has 0 radical (unpaired) electrons. The Morgan fingerprint density at radius 3 is 3.00 bits per heavy atom. The van der Waals surface area contributed by atoms with Crippen LogP contribution in [0.25, 0.3) is 22.2 Å². The Labute approximate surface area is 147 Å². The number of thiazole rings is 1. The van der Waals surface area contributed by atoms with E-state index in [1.165, 1.54) is 11.3 Å². The second kappa shape index (κ2) is 6.37. The Morgan fingerprint density at radius 2 is 2.20 bits per heavy atom. The number of carbonyl (C=O) groups excluding carboxylic acids is 1. The number of ether oxygens (including phenoxy) is 1. The van der Waals surface area contributed by atoms with Gasteiger partial charge in [-0.3, -0.25) is 15.1 Å². The third-order valence-corrected chi connectivity index (χ3v) is 4.39. The third-order valence-electron chi connectivity index (χ3n) is 3.63. The Bertz CT molecular complexity index is 1040. The van der Waals surface area contributed by atoms with Gasteiger partial charge in [-0.05, 0) is 24.3 Å². The fourth-order valence-electron chi connectivity index (χ4n) is 2.45. The number of carbonyl (C=O) groups is 1. The van der Waals surface area contributed by atoms with Crippen LogP contribution >= 0.6 is 11.3 Å². The molecule has 0 aliphatic carbocycles. The molecule has 25 heavy (non-hydrogen) atoms. The van der Waals surface area contributed by atoms with Crippen molar-refractivity contribution in [3.8, 4) is 17.0 Å². The summed E-state index contributed by atoms with van der Waals surface area (Å²) >= 11 is 1.34. The monoisotopic (exact) mass is 351 g/mol. The van der Waals surface area contributed by atoms with E-state index in [4.69, 9.17) is 9.15 Å². The highest BCUT2D eigenvalue weighted by Crippen LogP contribution is 2.29. The first-order chi connectivity index (χ1) is 12.2. The highest BCUT2D eigenvalue weighted by Gasteiger charge is 2.16. The van der Waals surface area contributed by atoms with E-state index < -0.39 is 0 Å². The van der Waals surface area contributed by atoms with Crippen LogP contribution in [-0.4, -0.2) is 23.0 Å². The van der Waals surface area contributed by atoms with Crippen LogP contribution in [0.2, 0.25) is 0 Å². The lowest BCUT2D eigenvalue weighted by atomic mass is 10.2. The molecule has 0 saturated heterocycles. The lowest BCUT2D eigenvalue weighted by Gasteiger charge is -1.99. The molecule has 0 fully saturated rings. The number of amides is 1. The number of aromatic nitrogens is 2. The molecule has 0 aliphatic heterocycles. The molecule has 0 spiro atoms. The van der Waals surface area contributed by atoms with Gasteiger partial charge in [-0.1, -0.05) is 12.1 Å². The molecule has 6 nitrogen and oxygen atoms in total. The Kier molecular flexibility index (Phi) is 3.91. The van der Waals surface area contributed by atoms with Crippen LogP contribution in [0.1, 0.15) is 10.6 Å². The molecule has 0 bridgehead atoms. The first kappa shape index (κ1) is 15.3. The molecule has 3 aromatic heterocycles. The number of furan rings is 1. The molecular formula is C18H13N3O3S. The topological polar surface area (TPSA) is 77.2 Å². The van der Waals surface area contributed by atoms with E-state index in [9.17, 15) is 4.79 Å². The zero-order chi connectivity index (χ0) is 17.2. The Morgan fingerprint density at radius 1 is 1.28 bits per heavy atom. The van der Waals surface area contributed by atoms with Gasteiger partial charge in [0.05, 0.1) is 12.8 Å². The number of hydrogen-bond donors (Lipinski definition) is 1. The molecule has 1 N–H and O–H groups in total. The third kappa shape index (κ3) is 2.97. The summed E-state index contributed by atoms with van der Waals surface area (Å²) in [6.07, 6.45) is 3.43. The first-order valence-corrected chi connectivity index (χ1v) is 8.36. The van der Waals surface area contributed by atoms with Gasteiger partial charge in [-0.25, -0.2) is 4.98 Å². The van der Waals surface area contributed by atoms with Gasteiger partial charge in [-0.2, -0.15) is 0 Å². The number of hydrogen-bond acceptors (Lipinski definition) is 6. The van der Waals surface area contributed by atoms with Gasteiger partial charge >= 0.3 is 0 Å². The molecule has 4 aromatic rings. The van der Waals surface area contributed by atoms with Crippen LogP contribution in [0.3, 0.4) is 0 Å². The summed E-state index contributed by atoms with van der Waals surface area (Å²) < 4.78 is 10.9. The normalized spacial score (nSPS) is 10.8. The van der Waals surface area contributed by atoms with Crippen LogP contribution in [0, 0.1) is 0 Å². The summed E-state index contributed by atoms with van der Waals surface area (Å²) in [5, 5.41) is 5.93. The Balaban J connectivity index is 1.57. The molecule has 1 aromatic carbocycles. The molecule has 4 rings (SSSR count). The fraction of sp³-hybridized carbons (Fsp3) is 0.0556. The predicted octanol–water partition coefficient (Wildman–Crippen LogP) is 4.21. The second-order valence-corrected chi connectivity index (χ2v) is 6.08. The van der Waals surface area contributed by atoms with Crippen molar-refractivity contribution in [2.45, 2.75) is 0 Å². The number of fused-ring (bicyclic) bond motifs is 1. The van der Waals surface area contributed by atoms with E-state index in [1.54, 1.807) is 31.6 Å². The van der Waals surface area contributed by atoms with Crippen molar-refractivity contribution in [2.75, 3.05) is 12.4 Å². The van der Waals surface area contributed by atoms with Gasteiger partial charge in [0, 0.05) is 28.7 Å². The van der Waals surface area contributed by atoms with Crippen molar-refractivity contribution in [3.05, 3.63) is 59.9 Å². The predicted molar refractivity (Wildman–Crippen MR) is 96.1 cm³/mol. The van der Waals surface area contributed by atoms with E-state index in [1.807, 2.05) is 29.6 Å². The van der Waals surface area contributed by atoms with Crippen molar-refractivity contribution in [1.82, 2.24) is 9.97 Å². The highest BCUT2D eigenvalue weighted by atomic mass is 32.1. The maximum atomic E-state index is 12.4. The SMILES string of the molecule is COc1cccc2cc(C(=O)Nc3nc(-c4cccnc4)cs3)oc12. The fourth-order valence-corrected chi connectivity index (χ4v) is 3.16. The van der Waals surface area contributed by atoms with Crippen molar-refractivity contribution >= 4 is 33.3 Å². The standard InChI is InChI=1S/C18H13N3O3S/c1-23-14-6-2-4-11-8-15(24-16(11)14)17(22)21-18-20-13(10-25-18)12-5-3-7-19-9-12/h2-10H,1H3,(H,20,21,22). The first-order valence-electron chi connectivity index (χ1n) is 7.48. The van der Waals surface area contributed by atoms with Gasteiger partial charge in [0.2, 0.25) is 0 Å². The van der Waals surface area contributed by atoms with Crippen LogP contribution in [0.4, 0.5) is 5.13 Å². The zero-order valence-corrected chi connectivity index (χ0v) is 14.0. The number of nitrogens with one attached hydrogen (secondary N) is 1. The van der Waals surface area contributed by atoms with Crippen LogP contribution < -0.4 is 10.1 Å². The summed E-state index contributed by atoms with van der Waals surface area (Å²) in [6, 6.07) is 10.9. The van der Waals surface area contributed by atoms with E-state index in [0.717, 1.165) is 16.6 Å². The van der Waals surface area contributed by atoms with Crippen LogP contribution in [0.5, 0.6) is 5.75 Å². The Hall–Kier alpha value is -3.19. The largest absolute Gasteiger partial charge is 0.493 e. The zero-order valence-electron chi connectivity index (χ0n) is 13.2. The summed E-state index contributed by atoms with van der Waals surface area (Å²) in [6.45, 7) is 0. The maximum absolute atomic E-state index is 12.4. The smallest absolute Gasteiger partial charge is 0.293 e. The quantitative estimate of drug-likeness (QED) is 0.596. The highest BCUT2D eigenvalue weighted by molar-refractivity contribution is 7.14. The number of benzene rings is 1. The number of para-hydroxylation sites is 1. The number of pyridine rings is 1. The molecule has 7 heteroatoms. The molecule has 0 unspecified atom stereocenters. The van der Waals surface area contributed by atoms with E-state index >= 15 is 0 Å². The number of methoxy groups -OCH3 is 1. The van der Waals surface area contributed by atoms with Gasteiger partial charge in [0.25, 0.3) is 5.91 Å². The minimum Gasteiger partial charge on any atom is -0.493 e. The lowest BCUT2D eigenvalue weighted by molar-refractivity contribution is 0.0998. The molecule has 0 atom stereocenters. The van der Waals surface area contributed by atoms with Crippen molar-refractivity contribution in [2.24, 2.45) is 0 Å². The average molecular weight is 351 g/mol. The molecule has 3 heterocycles. The molecule has 0 aliphatic rings. The van der Waals surface area contributed by atoms with Gasteiger partial charge < -0.3 is 9.15 Å². The molecule has 1 amide bonds. The second-order valence-electron chi connectivity index (χ2n) is 5.22. The lowest BCUT2D eigenvalue weighted by Crippen LogP contribution is -2.10. The summed E-state index contributed by atoms with van der Waals surface area (Å²) in [7, 11) is 1.56. The minimum absolute atomic E-state index is 0.206. The number of anilines is 1. The molecule has 0 saturated carbocycles.